The molecule has 0 atom stereocenters. The van der Waals surface area contributed by atoms with Gasteiger partial charge in [-0.2, -0.15) is 5.10 Å². The lowest BCUT2D eigenvalue weighted by atomic mass is 9.99. The van der Waals surface area contributed by atoms with Crippen LogP contribution in [0.2, 0.25) is 5.02 Å². The van der Waals surface area contributed by atoms with Gasteiger partial charge in [0.1, 0.15) is 0 Å². The minimum absolute atomic E-state index is 0.0859. The molecule has 3 aromatic carbocycles. The van der Waals surface area contributed by atoms with Crippen molar-refractivity contribution in [3.63, 3.8) is 0 Å². The summed E-state index contributed by atoms with van der Waals surface area (Å²) in [5.41, 5.74) is 6.16. The zero-order valence-electron chi connectivity index (χ0n) is 19.6. The lowest BCUT2D eigenvalue weighted by Crippen LogP contribution is -2.31. The van der Waals surface area contributed by atoms with Gasteiger partial charge in [0.15, 0.2) is 0 Å². The number of hydrogen-bond acceptors (Lipinski definition) is 4. The van der Waals surface area contributed by atoms with E-state index in [2.05, 4.69) is 10.5 Å². The second-order valence-corrected chi connectivity index (χ2v) is 10.9. The minimum atomic E-state index is -3.86. The first-order chi connectivity index (χ1) is 16.8. The van der Waals surface area contributed by atoms with Gasteiger partial charge in [0.05, 0.1) is 17.1 Å². The summed E-state index contributed by atoms with van der Waals surface area (Å²) in [6, 6.07) is 20.4. The number of carbonyl (C=O) groups excluding carboxylic acids is 1. The van der Waals surface area contributed by atoms with Crippen LogP contribution in [0.1, 0.15) is 53.6 Å². The van der Waals surface area contributed by atoms with Gasteiger partial charge in [-0.15, -0.1) is 0 Å². The Morgan fingerprint density at radius 3 is 2.34 bits per heavy atom. The molecule has 0 aliphatic heterocycles. The van der Waals surface area contributed by atoms with Crippen molar-refractivity contribution in [2.75, 3.05) is 4.31 Å². The van der Waals surface area contributed by atoms with E-state index in [-0.39, 0.29) is 17.3 Å². The molecular weight excluding hydrogens is 482 g/mol. The number of hydrazone groups is 1. The molecule has 6 nitrogen and oxygen atoms in total. The van der Waals surface area contributed by atoms with Crippen LogP contribution in [0, 0.1) is 6.92 Å². The van der Waals surface area contributed by atoms with Crippen molar-refractivity contribution in [3.05, 3.63) is 94.5 Å². The normalized spacial score (nSPS) is 13.8. The van der Waals surface area contributed by atoms with Crippen LogP contribution >= 0.6 is 11.6 Å². The third-order valence-electron chi connectivity index (χ3n) is 6.06. The van der Waals surface area contributed by atoms with Crippen LogP contribution in [0.3, 0.4) is 0 Å². The summed E-state index contributed by atoms with van der Waals surface area (Å²) in [4.78, 5) is 12.7. The Morgan fingerprint density at radius 2 is 1.66 bits per heavy atom. The van der Waals surface area contributed by atoms with Crippen LogP contribution in [0.25, 0.3) is 0 Å². The number of carbonyl (C=O) groups is 1. The highest BCUT2D eigenvalue weighted by molar-refractivity contribution is 7.92. The second-order valence-electron chi connectivity index (χ2n) is 8.63. The molecule has 0 unspecified atom stereocenters. The van der Waals surface area contributed by atoms with Crippen LogP contribution in [-0.4, -0.2) is 20.0 Å². The first kappa shape index (κ1) is 24.9. The van der Waals surface area contributed by atoms with Crippen LogP contribution < -0.4 is 9.73 Å². The maximum Gasteiger partial charge on any atom is 0.271 e. The quantitative estimate of drug-likeness (QED) is 0.391. The number of nitrogens with one attached hydrogen (secondary N) is 1. The molecule has 1 N–H and O–H groups in total. The fourth-order valence-corrected chi connectivity index (χ4v) is 5.76. The average molecular weight is 510 g/mol. The highest BCUT2D eigenvalue weighted by Gasteiger charge is 2.26. The first-order valence-corrected chi connectivity index (χ1v) is 13.4. The maximum atomic E-state index is 13.6. The number of hydrogen-bond donors (Lipinski definition) is 1. The molecule has 3 aromatic rings. The number of sulfonamides is 1. The number of aryl methyl sites for hydroxylation is 1. The lowest BCUT2D eigenvalue weighted by molar-refractivity contribution is 0.0954. The molecule has 1 fully saturated rings. The fraction of sp³-hybridized carbons (Fsp3) is 0.259. The molecule has 8 heteroatoms. The van der Waals surface area contributed by atoms with Gasteiger partial charge in [0, 0.05) is 16.3 Å². The summed E-state index contributed by atoms with van der Waals surface area (Å²) in [6.07, 6.45) is 5.28. The Bertz CT molecular complexity index is 1320. The molecule has 182 valence electrons. The average Bonchev–Trinajstić information content (AvgIpc) is 2.89. The molecule has 1 saturated carbocycles. The van der Waals surface area contributed by atoms with Gasteiger partial charge >= 0.3 is 0 Å². The third kappa shape index (κ3) is 6.10. The molecule has 0 radical (unpaired) electrons. The van der Waals surface area contributed by atoms with E-state index in [0.717, 1.165) is 42.5 Å². The number of rotatable bonds is 7. The monoisotopic (exact) mass is 509 g/mol. The highest BCUT2D eigenvalue weighted by atomic mass is 35.5. The number of nitrogens with zero attached hydrogens (tertiary/aromatic N) is 2. The standard InChI is InChI=1S/C27H28ClN3O3S/c1-20-12-17-23(28)18-26(20)31(35(33,34)25-10-6-3-7-11-25)19-21-13-15-22(16-14-21)27(32)30-29-24-8-4-2-5-9-24/h3,6-7,10-18H,2,4-5,8-9,19H2,1H3,(H,30,32). The third-order valence-corrected chi connectivity index (χ3v) is 8.07. The van der Waals surface area contributed by atoms with Gasteiger partial charge in [0.2, 0.25) is 0 Å². The predicted molar refractivity (Wildman–Crippen MR) is 140 cm³/mol. The number of anilines is 1. The van der Waals surface area contributed by atoms with Gasteiger partial charge in [-0.05, 0) is 80.1 Å². The molecule has 1 aliphatic carbocycles. The number of halogens is 1. The van der Waals surface area contributed by atoms with E-state index in [1.807, 2.05) is 6.92 Å². The van der Waals surface area contributed by atoms with Gasteiger partial charge < -0.3 is 0 Å². The van der Waals surface area contributed by atoms with Crippen molar-refractivity contribution in [1.82, 2.24) is 5.43 Å². The first-order valence-electron chi connectivity index (χ1n) is 11.6. The van der Waals surface area contributed by atoms with Gasteiger partial charge in [-0.3, -0.25) is 9.10 Å². The van der Waals surface area contributed by atoms with E-state index in [1.165, 1.54) is 10.7 Å². The Hall–Kier alpha value is -3.16. The largest absolute Gasteiger partial charge is 0.271 e. The van der Waals surface area contributed by atoms with Crippen molar-refractivity contribution in [2.45, 2.75) is 50.5 Å². The highest BCUT2D eigenvalue weighted by Crippen LogP contribution is 2.31. The smallest absolute Gasteiger partial charge is 0.267 e. The second kappa shape index (κ2) is 11.1. The van der Waals surface area contributed by atoms with Crippen molar-refractivity contribution in [2.24, 2.45) is 5.10 Å². The van der Waals surface area contributed by atoms with Crippen LogP contribution in [-0.2, 0) is 16.6 Å². The van der Waals surface area contributed by atoms with Gasteiger partial charge in [-0.1, -0.05) is 54.4 Å². The van der Waals surface area contributed by atoms with E-state index in [9.17, 15) is 13.2 Å². The molecule has 0 spiro atoms. The van der Waals surface area contributed by atoms with Crippen molar-refractivity contribution in [1.29, 1.82) is 0 Å². The topological polar surface area (TPSA) is 78.8 Å². The van der Waals surface area contributed by atoms with E-state index in [4.69, 9.17) is 11.6 Å². The molecule has 0 bridgehead atoms. The Balaban J connectivity index is 1.59. The molecule has 0 heterocycles. The summed E-state index contributed by atoms with van der Waals surface area (Å²) in [7, 11) is -3.86. The summed E-state index contributed by atoms with van der Waals surface area (Å²) in [6.45, 7) is 1.93. The molecule has 4 rings (SSSR count). The zero-order valence-corrected chi connectivity index (χ0v) is 21.1. The summed E-state index contributed by atoms with van der Waals surface area (Å²) in [5.74, 6) is -0.283. The van der Waals surface area contributed by atoms with E-state index in [1.54, 1.807) is 72.8 Å². The Kier molecular flexibility index (Phi) is 7.88. The Morgan fingerprint density at radius 1 is 0.971 bits per heavy atom. The summed E-state index contributed by atoms with van der Waals surface area (Å²) >= 11 is 6.22. The molecule has 1 aliphatic rings. The van der Waals surface area contributed by atoms with Crippen molar-refractivity contribution < 1.29 is 13.2 Å². The molecule has 0 saturated heterocycles. The lowest BCUT2D eigenvalue weighted by Gasteiger charge is -2.26. The zero-order chi connectivity index (χ0) is 24.8. The fourth-order valence-electron chi connectivity index (χ4n) is 4.06. The van der Waals surface area contributed by atoms with E-state index in [0.29, 0.717) is 16.3 Å². The molecular formula is C27H28ClN3O3S. The van der Waals surface area contributed by atoms with Crippen LogP contribution in [0.15, 0.2) is 82.8 Å². The molecule has 35 heavy (non-hydrogen) atoms. The van der Waals surface area contributed by atoms with Crippen LogP contribution in [0.4, 0.5) is 5.69 Å². The summed E-state index contributed by atoms with van der Waals surface area (Å²) in [5, 5.41) is 4.72. The molecule has 0 aromatic heterocycles. The van der Waals surface area contributed by atoms with E-state index < -0.39 is 10.0 Å². The minimum Gasteiger partial charge on any atom is -0.267 e. The SMILES string of the molecule is Cc1ccc(Cl)cc1N(Cc1ccc(C(=O)NN=C2CCCCC2)cc1)S(=O)(=O)c1ccccc1. The van der Waals surface area contributed by atoms with Crippen LogP contribution in [0.5, 0.6) is 0 Å². The summed E-state index contributed by atoms with van der Waals surface area (Å²) < 4.78 is 28.6. The predicted octanol–water partition coefficient (Wildman–Crippen LogP) is 6.09. The Labute approximate surface area is 211 Å². The number of benzene rings is 3. The van der Waals surface area contributed by atoms with Gasteiger partial charge in [-0.25, -0.2) is 13.8 Å². The number of amides is 1. The maximum absolute atomic E-state index is 13.6. The van der Waals surface area contributed by atoms with Gasteiger partial charge in [0.25, 0.3) is 15.9 Å². The van der Waals surface area contributed by atoms with Crippen molar-refractivity contribution in [3.8, 4) is 0 Å². The van der Waals surface area contributed by atoms with Crippen molar-refractivity contribution >= 4 is 38.9 Å². The van der Waals surface area contributed by atoms with E-state index >= 15 is 0 Å². The molecule has 1 amide bonds.